The summed E-state index contributed by atoms with van der Waals surface area (Å²) in [6, 6.07) is 7.78. The maximum absolute atomic E-state index is 13.0. The van der Waals surface area contributed by atoms with Crippen LogP contribution in [0.1, 0.15) is 41.4 Å². The lowest BCUT2D eigenvalue weighted by molar-refractivity contribution is -0.365. The van der Waals surface area contributed by atoms with Crippen molar-refractivity contribution in [3.63, 3.8) is 0 Å². The number of nitrogens with zero attached hydrogens (tertiary/aromatic N) is 2. The van der Waals surface area contributed by atoms with Gasteiger partial charge in [-0.1, -0.05) is 38.1 Å². The normalized spacial score (nSPS) is 13.3. The molecule has 3 heterocycles. The number of cyclic esters (lactones) is 1. The molecular formula is C20H20N3O4+. The number of rotatable bonds is 2. The summed E-state index contributed by atoms with van der Waals surface area (Å²) in [5, 5.41) is 0.300. The molecule has 27 heavy (non-hydrogen) atoms. The Morgan fingerprint density at radius 2 is 1.67 bits per heavy atom. The van der Waals surface area contributed by atoms with Gasteiger partial charge in [0.1, 0.15) is 10.9 Å². The monoisotopic (exact) mass is 366 g/mol. The van der Waals surface area contributed by atoms with Crippen molar-refractivity contribution >= 4 is 17.0 Å². The minimum Gasteiger partial charge on any atom is -0.453 e. The second kappa shape index (κ2) is 5.90. The predicted molar refractivity (Wildman–Crippen MR) is 99.6 cm³/mol. The summed E-state index contributed by atoms with van der Waals surface area (Å²) in [4.78, 5) is 40.8. The van der Waals surface area contributed by atoms with Gasteiger partial charge < -0.3 is 4.74 Å². The molecule has 1 aliphatic heterocycles. The number of ether oxygens (including phenoxy) is 1. The van der Waals surface area contributed by atoms with Gasteiger partial charge in [-0.05, 0) is 17.0 Å². The Labute approximate surface area is 154 Å². The van der Waals surface area contributed by atoms with Crippen LogP contribution in [-0.4, -0.2) is 15.1 Å². The minimum absolute atomic E-state index is 0.0879. The first-order valence-corrected chi connectivity index (χ1v) is 8.76. The third-order valence-electron chi connectivity index (χ3n) is 5.15. The molecule has 0 saturated carbocycles. The smallest absolute Gasteiger partial charge is 0.417 e. The molecule has 2 aromatic heterocycles. The van der Waals surface area contributed by atoms with Crippen LogP contribution in [0.15, 0.2) is 33.9 Å². The minimum atomic E-state index is -0.470. The number of hydrogen-bond acceptors (Lipinski definition) is 4. The fourth-order valence-corrected chi connectivity index (χ4v) is 3.56. The summed E-state index contributed by atoms with van der Waals surface area (Å²) in [5.74, 6) is -0.105. The number of carbonyl (C=O) groups is 1. The summed E-state index contributed by atoms with van der Waals surface area (Å²) in [6.07, 6.45) is 0. The van der Waals surface area contributed by atoms with Crippen molar-refractivity contribution in [1.29, 1.82) is 0 Å². The second-order valence-electron chi connectivity index (χ2n) is 7.14. The van der Waals surface area contributed by atoms with Crippen LogP contribution < -0.4 is 16.2 Å². The van der Waals surface area contributed by atoms with Gasteiger partial charge in [0.05, 0.1) is 7.05 Å². The van der Waals surface area contributed by atoms with E-state index in [9.17, 15) is 14.4 Å². The highest BCUT2D eigenvalue weighted by atomic mass is 16.5. The van der Waals surface area contributed by atoms with Gasteiger partial charge in [0.2, 0.25) is 0 Å². The molecule has 0 atom stereocenters. The van der Waals surface area contributed by atoms with Crippen molar-refractivity contribution in [2.75, 3.05) is 0 Å². The van der Waals surface area contributed by atoms with Crippen molar-refractivity contribution in [2.45, 2.75) is 26.4 Å². The Kier molecular flexibility index (Phi) is 3.76. The molecular weight excluding hydrogens is 346 g/mol. The van der Waals surface area contributed by atoms with Crippen LogP contribution in [0.25, 0.3) is 22.2 Å². The zero-order valence-corrected chi connectivity index (χ0v) is 15.6. The number of nitrogens with one attached hydrogen (secondary N) is 1. The molecule has 7 nitrogen and oxygen atoms in total. The average molecular weight is 366 g/mol. The Bertz CT molecular complexity index is 1220. The van der Waals surface area contributed by atoms with Gasteiger partial charge >= 0.3 is 11.7 Å². The van der Waals surface area contributed by atoms with E-state index in [1.165, 1.54) is 11.6 Å². The summed E-state index contributed by atoms with van der Waals surface area (Å²) >= 11 is 0. The topological polar surface area (TPSA) is 84.4 Å². The third kappa shape index (κ3) is 2.42. The first-order chi connectivity index (χ1) is 12.8. The van der Waals surface area contributed by atoms with E-state index in [-0.39, 0.29) is 6.61 Å². The molecule has 0 radical (unpaired) electrons. The lowest BCUT2D eigenvalue weighted by Gasteiger charge is -2.11. The highest BCUT2D eigenvalue weighted by Gasteiger charge is 2.34. The first-order valence-electron chi connectivity index (χ1n) is 8.76. The highest BCUT2D eigenvalue weighted by molar-refractivity contribution is 6.07. The van der Waals surface area contributed by atoms with Gasteiger partial charge in [-0.15, -0.1) is 0 Å². The molecule has 138 valence electrons. The van der Waals surface area contributed by atoms with E-state index in [1.54, 1.807) is 7.05 Å². The van der Waals surface area contributed by atoms with Crippen LogP contribution in [0.5, 0.6) is 0 Å². The number of H-pyrrole nitrogens is 1. The fraction of sp³-hybridized carbons (Fsp3) is 0.300. The quantitative estimate of drug-likeness (QED) is 0.644. The molecule has 1 aromatic carbocycles. The van der Waals surface area contributed by atoms with E-state index in [1.807, 2.05) is 24.3 Å². The van der Waals surface area contributed by atoms with E-state index in [4.69, 9.17) is 4.74 Å². The lowest BCUT2D eigenvalue weighted by atomic mass is 9.94. The van der Waals surface area contributed by atoms with Gasteiger partial charge in [-0.25, -0.2) is 19.1 Å². The van der Waals surface area contributed by atoms with E-state index in [0.29, 0.717) is 33.8 Å². The zero-order valence-electron chi connectivity index (χ0n) is 15.6. The van der Waals surface area contributed by atoms with Gasteiger partial charge in [0.15, 0.2) is 12.3 Å². The molecule has 4 rings (SSSR count). The van der Waals surface area contributed by atoms with Gasteiger partial charge in [0, 0.05) is 12.6 Å². The third-order valence-corrected chi connectivity index (χ3v) is 5.15. The second-order valence-corrected chi connectivity index (χ2v) is 7.14. The Morgan fingerprint density at radius 3 is 2.30 bits per heavy atom. The largest absolute Gasteiger partial charge is 0.453 e. The molecule has 0 spiro atoms. The van der Waals surface area contributed by atoms with Crippen molar-refractivity contribution < 1.29 is 14.5 Å². The van der Waals surface area contributed by atoms with E-state index in [2.05, 4.69) is 18.8 Å². The average Bonchev–Trinajstić information content (AvgIpc) is 3.04. The first kappa shape index (κ1) is 17.2. The summed E-state index contributed by atoms with van der Waals surface area (Å²) in [5.41, 5.74) is 2.82. The molecule has 3 aromatic rings. The Balaban J connectivity index is 2.18. The van der Waals surface area contributed by atoms with Crippen LogP contribution in [0, 0.1) is 0 Å². The van der Waals surface area contributed by atoms with Gasteiger partial charge in [0.25, 0.3) is 11.2 Å². The standard InChI is InChI=1S/C20H19N3O4/c1-10(2)11-5-7-12(8-6-11)14-15-13(9-27-19(15)25)21-17-16(14)18(24)23(4)20(26)22(17)3/h5-8,10H,9H2,1-4H3/p+1. The van der Waals surface area contributed by atoms with Gasteiger partial charge in [-0.2, -0.15) is 4.57 Å². The molecule has 0 aliphatic carbocycles. The van der Waals surface area contributed by atoms with Crippen LogP contribution in [0.2, 0.25) is 0 Å². The highest BCUT2D eigenvalue weighted by Crippen LogP contribution is 2.33. The van der Waals surface area contributed by atoms with Crippen LogP contribution in [0.4, 0.5) is 0 Å². The van der Waals surface area contributed by atoms with Crippen molar-refractivity contribution in [3.8, 4) is 11.1 Å². The lowest BCUT2D eigenvalue weighted by Crippen LogP contribution is -2.40. The predicted octanol–water partition coefficient (Wildman–Crippen LogP) is 1.51. The Morgan fingerprint density at radius 1 is 1.00 bits per heavy atom. The number of benzene rings is 1. The number of pyridine rings is 1. The van der Waals surface area contributed by atoms with Gasteiger partial charge in [-0.3, -0.25) is 4.79 Å². The molecule has 0 saturated heterocycles. The molecule has 1 aliphatic rings. The van der Waals surface area contributed by atoms with Crippen molar-refractivity contribution in [2.24, 2.45) is 14.1 Å². The fourth-order valence-electron chi connectivity index (χ4n) is 3.56. The van der Waals surface area contributed by atoms with E-state index in [0.717, 1.165) is 15.7 Å². The number of aromatic amines is 1. The van der Waals surface area contributed by atoms with Crippen molar-refractivity contribution in [1.82, 2.24) is 9.13 Å². The SMILES string of the molecule is CC(C)c1ccc(-c2c3c([nH+]c4c2c(=O)n(C)c(=O)n4C)COC3=O)cc1. The molecule has 0 bridgehead atoms. The summed E-state index contributed by atoms with van der Waals surface area (Å²) in [6.45, 7) is 4.29. The van der Waals surface area contributed by atoms with E-state index < -0.39 is 17.2 Å². The zero-order chi connectivity index (χ0) is 19.5. The maximum Gasteiger partial charge on any atom is 0.417 e. The van der Waals surface area contributed by atoms with Crippen molar-refractivity contribution in [3.05, 3.63) is 61.9 Å². The molecule has 1 N–H and O–H groups in total. The molecule has 0 fully saturated rings. The number of fused-ring (bicyclic) bond motifs is 2. The number of aromatic nitrogens is 3. The van der Waals surface area contributed by atoms with Crippen LogP contribution in [0.3, 0.4) is 0 Å². The molecule has 7 heteroatoms. The molecule has 0 unspecified atom stereocenters. The number of aryl methyl sites for hydroxylation is 1. The molecule has 0 amide bonds. The summed E-state index contributed by atoms with van der Waals surface area (Å²) in [7, 11) is 3.03. The van der Waals surface area contributed by atoms with Crippen LogP contribution >= 0.6 is 0 Å². The summed E-state index contributed by atoms with van der Waals surface area (Å²) < 4.78 is 7.62. The van der Waals surface area contributed by atoms with E-state index >= 15 is 0 Å². The van der Waals surface area contributed by atoms with Crippen LogP contribution in [-0.2, 0) is 25.4 Å². The Hall–Kier alpha value is -3.22. The number of hydrogen-bond donors (Lipinski definition) is 0. The number of carbonyl (C=O) groups excluding carboxylic acids is 1. The maximum atomic E-state index is 13.0. The number of esters is 1.